The number of methoxy groups -OCH3 is 1. The summed E-state index contributed by atoms with van der Waals surface area (Å²) in [5, 5.41) is 3.24. The van der Waals surface area contributed by atoms with Gasteiger partial charge in [0, 0.05) is 78.0 Å². The van der Waals surface area contributed by atoms with E-state index in [1.165, 1.54) is 49.6 Å². The number of carbonyl (C=O) groups excluding carboxylic acids is 4. The van der Waals surface area contributed by atoms with E-state index in [0.717, 1.165) is 123 Å². The number of amides is 3. The van der Waals surface area contributed by atoms with E-state index in [1.807, 2.05) is 131 Å². The molecule has 2 saturated heterocycles. The summed E-state index contributed by atoms with van der Waals surface area (Å²) in [5.74, 6) is -0.505. The van der Waals surface area contributed by atoms with Crippen molar-refractivity contribution in [3.63, 3.8) is 0 Å². The second-order valence-electron chi connectivity index (χ2n) is 29.4. The number of aromatic nitrogens is 3. The maximum Gasteiger partial charge on any atom is 0.337 e. The van der Waals surface area contributed by atoms with Crippen molar-refractivity contribution in [3.05, 3.63) is 343 Å². The summed E-state index contributed by atoms with van der Waals surface area (Å²) in [4.78, 5) is 84.7. The smallest absolute Gasteiger partial charge is 0.337 e. The molecule has 6 aliphatic rings. The van der Waals surface area contributed by atoms with Gasteiger partial charge in [0.15, 0.2) is 43.0 Å². The van der Waals surface area contributed by atoms with Gasteiger partial charge in [0.05, 0.1) is 36.0 Å². The Morgan fingerprint density at radius 2 is 1.09 bits per heavy atom. The molecule has 11 aromatic rings. The zero-order valence-corrected chi connectivity index (χ0v) is 66.7. The number of nitrogens with zero attached hydrogens (tertiary/aromatic N) is 8. The lowest BCUT2D eigenvalue weighted by Gasteiger charge is -2.27. The molecule has 3 amide bonds. The molecule has 3 aromatic heterocycles. The van der Waals surface area contributed by atoms with E-state index in [1.54, 1.807) is 24.1 Å². The Labute approximate surface area is 693 Å². The molecule has 17 nitrogen and oxygen atoms in total. The fraction of sp³-hybridized carbons (Fsp3) is 0.189. The van der Waals surface area contributed by atoms with Gasteiger partial charge in [-0.15, -0.1) is 16.8 Å². The minimum atomic E-state index is -0.361. The van der Waals surface area contributed by atoms with Crippen LogP contribution in [0.2, 0.25) is 0 Å². The molecule has 2 aliphatic carbocycles. The Kier molecular flexibility index (Phi) is 22.8. The standard InChI is InChI=1S/C94H81N10O7S4.CH4/c1-61(101-84(88(106)104(93(101)112)72-19-11-6-12-20-72)58-65-33-41-82-78(56-65)75-21-13-23-80(75)102(82)73-37-29-63(30-38-73)26-25-62-27-35-71(36-28-62)92(109)110-3)111-96-48-54-99-51-45-68(46-52-99)67-43-49-98(50-44-67)53-47-95-86(105)60-100-89(107)85(114-91(100)87-90(108)97(2)94(113)115-87)59-66-34-42-83-79(57-66)76-22-14-24-81(76)103(83)74-39-31-64(32-40-74)55-77(69-15-7-4-8-16-69)70-17-9-5-10-18-70;/h4-12,15-20,25-46,49-52,55-59,75-76,80-81,96H,1,13-14,21-24,47-48,53-54,60H2,2-3H3;1H4/q+1;/p+1/b26-25+,84-58+,85-59+,91-87+;. The first-order valence-corrected chi connectivity index (χ1v) is 41.1. The zero-order chi connectivity index (χ0) is 78.8. The van der Waals surface area contributed by atoms with E-state index in [9.17, 15) is 24.0 Å². The minimum absolute atomic E-state index is 0. The summed E-state index contributed by atoms with van der Waals surface area (Å²) in [7, 11) is 3.00. The number of anilines is 5. The van der Waals surface area contributed by atoms with Crippen molar-refractivity contribution in [1.82, 2.24) is 25.2 Å². The number of nitrogens with one attached hydrogen (secondary N) is 2. The number of fused-ring (bicyclic) bond motifs is 6. The summed E-state index contributed by atoms with van der Waals surface area (Å²) in [6.07, 6.45) is 24.6. The third-order valence-electron chi connectivity index (χ3n) is 22.4. The van der Waals surface area contributed by atoms with Gasteiger partial charge in [-0.3, -0.25) is 33.5 Å². The SMILES string of the molecule is C.C=C(ONCC[n+]1ccc(-c2cc[n+](CCNC(=O)Cn3c(=O)/c(=C\c4ccc5c(c4)C4CCCC4N5c4ccc(C=C(c5ccccc5)c5ccccc5)cc4)s/c3=C3/SC(=S)N(C)C3=O)cc2)cc1)N1C(=S)N(c2ccccc2)C(=O)/C1=C\c1ccc2c(c1)C1CCCC1N2c1ccc(/C=C/c2ccc(C(=O)OC)cc2)cc1. The average molecular weight is 1610 g/mol. The van der Waals surface area contributed by atoms with Crippen LogP contribution < -0.4 is 49.4 Å². The number of hydroxylamine groups is 1. The van der Waals surface area contributed by atoms with Crippen LogP contribution in [0.3, 0.4) is 0 Å². The molecular weight excluding hydrogens is 1520 g/mol. The first-order chi connectivity index (χ1) is 56.2. The van der Waals surface area contributed by atoms with Crippen LogP contribution in [0.25, 0.3) is 52.0 Å². The number of thiazole rings is 1. The van der Waals surface area contributed by atoms with Gasteiger partial charge in [0.25, 0.3) is 17.4 Å². The quantitative estimate of drug-likeness (QED) is 0.00911. The number of para-hydroxylation sites is 1. The predicted octanol–water partition coefficient (Wildman–Crippen LogP) is 15.8. The lowest BCUT2D eigenvalue weighted by Crippen LogP contribution is -2.43. The molecule has 21 heteroatoms. The van der Waals surface area contributed by atoms with Crippen molar-refractivity contribution in [2.75, 3.05) is 41.9 Å². The van der Waals surface area contributed by atoms with Gasteiger partial charge in [-0.05, 0) is 202 Å². The summed E-state index contributed by atoms with van der Waals surface area (Å²) >= 11 is 14.0. The molecule has 17 rings (SSSR count). The molecule has 116 heavy (non-hydrogen) atoms. The molecule has 0 spiro atoms. The highest BCUT2D eigenvalue weighted by atomic mass is 32.2. The average Bonchev–Trinajstić information content (AvgIpc) is 1.59. The Balaban J connectivity index is 0.0000101. The summed E-state index contributed by atoms with van der Waals surface area (Å²) in [6.45, 7) is 5.72. The number of rotatable bonds is 23. The molecule has 2 N–H and O–H groups in total. The molecule has 580 valence electrons. The second kappa shape index (κ2) is 34.1. The Morgan fingerprint density at radius 3 is 1.62 bits per heavy atom. The zero-order valence-electron chi connectivity index (χ0n) is 63.4. The fourth-order valence-corrected chi connectivity index (χ4v) is 19.5. The molecule has 0 radical (unpaired) electrons. The van der Waals surface area contributed by atoms with Gasteiger partial charge in [-0.1, -0.05) is 184 Å². The van der Waals surface area contributed by atoms with Gasteiger partial charge < -0.3 is 24.7 Å². The number of esters is 1. The van der Waals surface area contributed by atoms with Gasteiger partial charge in [-0.2, -0.15) is 0 Å². The second-order valence-corrected chi connectivity index (χ2v) is 32.4. The van der Waals surface area contributed by atoms with E-state index in [4.69, 9.17) is 34.0 Å². The van der Waals surface area contributed by atoms with E-state index in [-0.39, 0.29) is 54.2 Å². The number of ether oxygens (including phenoxy) is 1. The maximum atomic E-state index is 14.6. The summed E-state index contributed by atoms with van der Waals surface area (Å²) < 4.78 is 11.5. The monoisotopic (exact) mass is 1610 g/mol. The predicted molar refractivity (Wildman–Crippen MR) is 472 cm³/mol. The van der Waals surface area contributed by atoms with E-state index in [0.29, 0.717) is 85.5 Å². The highest BCUT2D eigenvalue weighted by molar-refractivity contribution is 8.30. The van der Waals surface area contributed by atoms with Crippen molar-refractivity contribution in [1.29, 1.82) is 0 Å². The number of thioether (sulfide) groups is 1. The maximum absolute atomic E-state index is 14.6. The van der Waals surface area contributed by atoms with E-state index < -0.39 is 0 Å². The van der Waals surface area contributed by atoms with Crippen LogP contribution in [-0.2, 0) is 43.6 Å². The topological polar surface area (TPSA) is 157 Å². The Hall–Kier alpha value is -12.2. The van der Waals surface area contributed by atoms with Crippen LogP contribution >= 0.6 is 47.5 Å². The summed E-state index contributed by atoms with van der Waals surface area (Å²) in [5.41, 5.74) is 21.7. The van der Waals surface area contributed by atoms with Crippen LogP contribution in [0.1, 0.15) is 118 Å². The van der Waals surface area contributed by atoms with Crippen molar-refractivity contribution in [3.8, 4) is 11.1 Å². The Morgan fingerprint density at radius 1 is 0.578 bits per heavy atom. The first-order valence-electron chi connectivity index (χ1n) is 38.7. The van der Waals surface area contributed by atoms with Crippen molar-refractivity contribution in [2.45, 2.75) is 89.5 Å². The van der Waals surface area contributed by atoms with Gasteiger partial charge in [0.1, 0.15) is 26.1 Å². The van der Waals surface area contributed by atoms with Crippen LogP contribution in [0.5, 0.6) is 0 Å². The summed E-state index contributed by atoms with van der Waals surface area (Å²) in [6, 6.07) is 76.9. The Bertz CT molecular complexity index is 5900. The van der Waals surface area contributed by atoms with Gasteiger partial charge >= 0.3 is 5.97 Å². The van der Waals surface area contributed by atoms with Crippen LogP contribution in [0, 0.1) is 0 Å². The van der Waals surface area contributed by atoms with Gasteiger partial charge in [0.2, 0.25) is 11.8 Å². The molecule has 8 aromatic carbocycles. The first kappa shape index (κ1) is 77.7. The largest absolute Gasteiger partial charge is 0.465 e. The van der Waals surface area contributed by atoms with Crippen molar-refractivity contribution < 1.29 is 37.9 Å². The number of benzene rings is 8. The third kappa shape index (κ3) is 15.8. The van der Waals surface area contributed by atoms with Crippen LogP contribution in [0.15, 0.2) is 272 Å². The fourth-order valence-electron chi connectivity index (χ4n) is 16.7. The minimum Gasteiger partial charge on any atom is -0.465 e. The molecule has 2 saturated carbocycles. The molecule has 4 aliphatic heterocycles. The van der Waals surface area contributed by atoms with Gasteiger partial charge in [-0.25, -0.2) is 18.8 Å². The van der Waals surface area contributed by atoms with Crippen molar-refractivity contribution >= 4 is 150 Å². The number of hydrogen-bond donors (Lipinski definition) is 2. The number of thiocarbonyl (C=S) groups is 2. The lowest BCUT2D eigenvalue weighted by atomic mass is 9.95. The number of hydrogen-bond acceptors (Lipinski definition) is 14. The van der Waals surface area contributed by atoms with E-state index in [2.05, 4.69) is 173 Å². The lowest BCUT2D eigenvalue weighted by molar-refractivity contribution is -0.695. The normalized spacial score (nSPS) is 18.2. The molecule has 4 atom stereocenters. The highest BCUT2D eigenvalue weighted by Crippen LogP contribution is 2.54. The highest BCUT2D eigenvalue weighted by Gasteiger charge is 2.45. The number of pyridine rings is 2. The molecule has 4 unspecified atom stereocenters. The van der Waals surface area contributed by atoms with Crippen molar-refractivity contribution in [2.24, 2.45) is 0 Å². The number of carbonyl (C=O) groups is 4. The molecule has 4 fully saturated rings. The van der Waals surface area contributed by atoms with E-state index >= 15 is 0 Å². The molecular formula is C95H86N10O7S4+2. The van der Waals surface area contributed by atoms with Crippen LogP contribution in [0.4, 0.5) is 28.4 Å². The third-order valence-corrected chi connectivity index (χ3v) is 25.6. The molecule has 7 heterocycles. The molecule has 0 bridgehead atoms. The van der Waals surface area contributed by atoms with Crippen LogP contribution in [-0.4, -0.2) is 86.8 Å².